The largest absolute Gasteiger partial charge is 0.357 e. The molecule has 1 fully saturated rings. The van der Waals surface area contributed by atoms with Crippen molar-refractivity contribution >= 4 is 17.8 Å². The van der Waals surface area contributed by atoms with Crippen molar-refractivity contribution in [1.82, 2.24) is 15.0 Å². The molecule has 0 atom stereocenters. The van der Waals surface area contributed by atoms with Crippen LogP contribution in [0.15, 0.2) is 0 Å². The molecule has 0 aliphatic carbocycles. The lowest BCUT2D eigenvalue weighted by Gasteiger charge is -2.29. The molecule has 0 aromatic carbocycles. The van der Waals surface area contributed by atoms with Gasteiger partial charge in [0.05, 0.1) is 0 Å². The van der Waals surface area contributed by atoms with E-state index < -0.39 is 0 Å². The van der Waals surface area contributed by atoms with Crippen LogP contribution < -0.4 is 15.1 Å². The van der Waals surface area contributed by atoms with Gasteiger partial charge in [0.1, 0.15) is 0 Å². The van der Waals surface area contributed by atoms with Gasteiger partial charge in [-0.3, -0.25) is 0 Å². The molecule has 6 nitrogen and oxygen atoms in total. The molecule has 0 saturated carbocycles. The maximum Gasteiger partial charge on any atom is 0.232 e. The van der Waals surface area contributed by atoms with E-state index in [0.29, 0.717) is 12.0 Å². The summed E-state index contributed by atoms with van der Waals surface area (Å²) in [6, 6.07) is 0.376. The zero-order valence-electron chi connectivity index (χ0n) is 13.1. The van der Waals surface area contributed by atoms with Gasteiger partial charge in [-0.2, -0.15) is 15.0 Å². The van der Waals surface area contributed by atoms with Crippen LogP contribution in [-0.2, 0) is 0 Å². The maximum atomic E-state index is 4.69. The molecule has 0 unspecified atom stereocenters. The smallest absolute Gasteiger partial charge is 0.232 e. The van der Waals surface area contributed by atoms with E-state index in [0.717, 1.165) is 31.5 Å². The van der Waals surface area contributed by atoms with Gasteiger partial charge < -0.3 is 15.1 Å². The Morgan fingerprint density at radius 2 is 1.85 bits per heavy atom. The molecule has 1 N–H and O–H groups in total. The lowest BCUT2D eigenvalue weighted by Crippen LogP contribution is -2.35. The predicted molar refractivity (Wildman–Crippen MR) is 83.6 cm³/mol. The summed E-state index contributed by atoms with van der Waals surface area (Å²) in [6.07, 6.45) is 3.75. The van der Waals surface area contributed by atoms with Gasteiger partial charge in [0.2, 0.25) is 17.8 Å². The van der Waals surface area contributed by atoms with Gasteiger partial charge in [-0.1, -0.05) is 0 Å². The van der Waals surface area contributed by atoms with Crippen LogP contribution in [0.4, 0.5) is 17.8 Å². The van der Waals surface area contributed by atoms with E-state index in [1.165, 1.54) is 19.3 Å². The Morgan fingerprint density at radius 3 is 2.40 bits per heavy atom. The fraction of sp³-hybridized carbons (Fsp3) is 0.786. The fourth-order valence-corrected chi connectivity index (χ4v) is 2.57. The van der Waals surface area contributed by atoms with Crippen LogP contribution >= 0.6 is 0 Å². The molecule has 1 aromatic heterocycles. The molecule has 1 aromatic rings. The summed E-state index contributed by atoms with van der Waals surface area (Å²) < 4.78 is 0. The third kappa shape index (κ3) is 3.29. The molecule has 6 heteroatoms. The van der Waals surface area contributed by atoms with Crippen molar-refractivity contribution in [2.24, 2.45) is 0 Å². The Kier molecular flexibility index (Phi) is 4.98. The molecule has 1 aliphatic heterocycles. The second kappa shape index (κ2) is 6.72. The highest BCUT2D eigenvalue weighted by Crippen LogP contribution is 2.21. The molecule has 0 radical (unpaired) electrons. The number of nitrogens with zero attached hydrogens (tertiary/aromatic N) is 5. The molecule has 20 heavy (non-hydrogen) atoms. The van der Waals surface area contributed by atoms with Crippen molar-refractivity contribution in [3.05, 3.63) is 0 Å². The molecule has 2 rings (SSSR count). The van der Waals surface area contributed by atoms with Crippen molar-refractivity contribution in [3.63, 3.8) is 0 Å². The Hall–Kier alpha value is -1.59. The summed E-state index contributed by atoms with van der Waals surface area (Å²) in [7, 11) is 1.85. The number of rotatable bonds is 5. The molecular formula is C14H26N6. The summed E-state index contributed by atoms with van der Waals surface area (Å²) in [5, 5.41) is 3.05. The number of aromatic nitrogens is 3. The van der Waals surface area contributed by atoms with Crippen LogP contribution in [0.5, 0.6) is 0 Å². The van der Waals surface area contributed by atoms with E-state index in [-0.39, 0.29) is 0 Å². The van der Waals surface area contributed by atoms with E-state index >= 15 is 0 Å². The maximum absolute atomic E-state index is 4.69. The predicted octanol–water partition coefficient (Wildman–Crippen LogP) is 2.14. The van der Waals surface area contributed by atoms with E-state index in [9.17, 15) is 0 Å². The van der Waals surface area contributed by atoms with Gasteiger partial charge in [0, 0.05) is 32.7 Å². The van der Waals surface area contributed by atoms with Gasteiger partial charge in [-0.05, 0) is 40.0 Å². The number of hydrogen-bond donors (Lipinski definition) is 1. The highest BCUT2D eigenvalue weighted by atomic mass is 15.4. The topological polar surface area (TPSA) is 57.2 Å². The van der Waals surface area contributed by atoms with Crippen molar-refractivity contribution in [3.8, 4) is 0 Å². The van der Waals surface area contributed by atoms with Gasteiger partial charge >= 0.3 is 0 Å². The summed E-state index contributed by atoms with van der Waals surface area (Å²) in [4.78, 5) is 18.2. The number of hydrogen-bond acceptors (Lipinski definition) is 6. The standard InChI is InChI=1S/C14H26N6/c1-5-20(11(2)3)14-17-12(15-4)16-13(18-14)19-9-7-6-8-10-19/h11H,5-10H2,1-4H3,(H,15,16,17,18). The van der Waals surface area contributed by atoms with Crippen molar-refractivity contribution in [2.75, 3.05) is 41.8 Å². The van der Waals surface area contributed by atoms with E-state index in [2.05, 4.69) is 50.8 Å². The van der Waals surface area contributed by atoms with Gasteiger partial charge in [0.25, 0.3) is 0 Å². The summed E-state index contributed by atoms with van der Waals surface area (Å²) in [6.45, 7) is 9.42. The summed E-state index contributed by atoms with van der Waals surface area (Å²) in [5.41, 5.74) is 0. The SMILES string of the molecule is CCN(c1nc(NC)nc(N2CCCCC2)n1)C(C)C. The second-order valence-corrected chi connectivity index (χ2v) is 5.44. The van der Waals surface area contributed by atoms with Crippen LogP contribution in [0.3, 0.4) is 0 Å². The van der Waals surface area contributed by atoms with Crippen molar-refractivity contribution in [2.45, 2.75) is 46.1 Å². The molecular weight excluding hydrogens is 252 g/mol. The van der Waals surface area contributed by atoms with Crippen LogP contribution in [0, 0.1) is 0 Å². The van der Waals surface area contributed by atoms with E-state index in [4.69, 9.17) is 0 Å². The van der Waals surface area contributed by atoms with Crippen molar-refractivity contribution in [1.29, 1.82) is 0 Å². The number of nitrogens with one attached hydrogen (secondary N) is 1. The Balaban J connectivity index is 2.32. The quantitative estimate of drug-likeness (QED) is 0.890. The van der Waals surface area contributed by atoms with Crippen LogP contribution in [-0.4, -0.2) is 47.7 Å². The Bertz CT molecular complexity index is 428. The minimum absolute atomic E-state index is 0.376. The summed E-state index contributed by atoms with van der Waals surface area (Å²) >= 11 is 0. The first-order valence-electron chi connectivity index (χ1n) is 7.61. The van der Waals surface area contributed by atoms with E-state index in [1.54, 1.807) is 0 Å². The average molecular weight is 278 g/mol. The van der Waals surface area contributed by atoms with Crippen molar-refractivity contribution < 1.29 is 0 Å². The average Bonchev–Trinajstić information content (AvgIpc) is 2.48. The molecule has 0 bridgehead atoms. The van der Waals surface area contributed by atoms with Gasteiger partial charge in [-0.15, -0.1) is 0 Å². The number of piperidine rings is 1. The Morgan fingerprint density at radius 1 is 1.15 bits per heavy atom. The monoisotopic (exact) mass is 278 g/mol. The summed E-state index contributed by atoms with van der Waals surface area (Å²) in [5.74, 6) is 2.22. The normalized spacial score (nSPS) is 15.6. The molecule has 112 valence electrons. The van der Waals surface area contributed by atoms with Crippen LogP contribution in [0.1, 0.15) is 40.0 Å². The molecule has 0 spiro atoms. The first kappa shape index (κ1) is 14.8. The highest BCUT2D eigenvalue weighted by molar-refractivity contribution is 5.45. The molecule has 1 aliphatic rings. The zero-order chi connectivity index (χ0) is 14.5. The third-order valence-corrected chi connectivity index (χ3v) is 3.70. The fourth-order valence-electron chi connectivity index (χ4n) is 2.57. The molecule has 1 saturated heterocycles. The minimum atomic E-state index is 0.376. The Labute approximate surface area is 121 Å². The van der Waals surface area contributed by atoms with Gasteiger partial charge in [-0.25, -0.2) is 0 Å². The minimum Gasteiger partial charge on any atom is -0.357 e. The second-order valence-electron chi connectivity index (χ2n) is 5.44. The van der Waals surface area contributed by atoms with Gasteiger partial charge in [0.15, 0.2) is 0 Å². The lowest BCUT2D eigenvalue weighted by molar-refractivity contribution is 0.566. The zero-order valence-corrected chi connectivity index (χ0v) is 13.1. The van der Waals surface area contributed by atoms with Crippen LogP contribution in [0.25, 0.3) is 0 Å². The van der Waals surface area contributed by atoms with E-state index in [1.807, 2.05) is 7.05 Å². The first-order valence-corrected chi connectivity index (χ1v) is 7.61. The van der Waals surface area contributed by atoms with Crippen LogP contribution in [0.2, 0.25) is 0 Å². The third-order valence-electron chi connectivity index (χ3n) is 3.70. The highest BCUT2D eigenvalue weighted by Gasteiger charge is 2.19. The molecule has 0 amide bonds. The number of anilines is 3. The lowest BCUT2D eigenvalue weighted by atomic mass is 10.1. The molecule has 2 heterocycles. The first-order chi connectivity index (χ1) is 9.65.